The largest absolute Gasteiger partial charge is 0.477 e. The summed E-state index contributed by atoms with van der Waals surface area (Å²) < 4.78 is 13.0. The molecule has 166 valence electrons. The van der Waals surface area contributed by atoms with Crippen LogP contribution >= 0.6 is 35.3 Å². The highest BCUT2D eigenvalue weighted by Gasteiger charge is 2.74. The number of ether oxygens (including phenoxy) is 2. The number of carbonyl (C=O) groups is 2. The molecule has 2 bridgehead atoms. The molecule has 1 amide bonds. The van der Waals surface area contributed by atoms with Crippen LogP contribution in [-0.2, 0) is 26.1 Å². The van der Waals surface area contributed by atoms with E-state index >= 15 is 0 Å². The molecule has 4 rings (SSSR count). The highest BCUT2D eigenvalue weighted by molar-refractivity contribution is 8.02. The summed E-state index contributed by atoms with van der Waals surface area (Å²) in [6.07, 6.45) is 0. The van der Waals surface area contributed by atoms with E-state index in [2.05, 4.69) is 26.9 Å². The number of methoxy groups -OCH3 is 2. The lowest BCUT2D eigenvalue weighted by atomic mass is 9.89. The van der Waals surface area contributed by atoms with Crippen molar-refractivity contribution in [3.63, 3.8) is 0 Å². The molecule has 1 aromatic rings. The van der Waals surface area contributed by atoms with Gasteiger partial charge in [0.05, 0.1) is 17.1 Å². The Bertz CT molecular complexity index is 996. The van der Waals surface area contributed by atoms with Gasteiger partial charge in [0.15, 0.2) is 0 Å². The Morgan fingerprint density at radius 3 is 2.81 bits per heavy atom. The Labute approximate surface area is 190 Å². The molecule has 4 heterocycles. The molecule has 3 aliphatic heterocycles. The van der Waals surface area contributed by atoms with Gasteiger partial charge < -0.3 is 14.6 Å². The van der Waals surface area contributed by atoms with Crippen molar-refractivity contribution in [3.05, 3.63) is 11.3 Å². The van der Waals surface area contributed by atoms with Gasteiger partial charge >= 0.3 is 5.97 Å². The highest BCUT2D eigenvalue weighted by Crippen LogP contribution is 2.57. The molecule has 2 unspecified atom stereocenters. The van der Waals surface area contributed by atoms with Crippen LogP contribution in [0.1, 0.15) is 0 Å². The van der Waals surface area contributed by atoms with E-state index in [0.29, 0.717) is 16.5 Å². The van der Waals surface area contributed by atoms with Gasteiger partial charge in [-0.1, -0.05) is 11.8 Å². The first kappa shape index (κ1) is 22.4. The molecular weight excluding hydrogens is 466 g/mol. The SMILES string of the molecule is COC1(CSCC#N)N[C@@]2(OC)C(=O)N3C(C(=O)O)=C(CSc4nnnn4C)C1S[C@H]32. The van der Waals surface area contributed by atoms with Gasteiger partial charge in [0.2, 0.25) is 10.9 Å². The van der Waals surface area contributed by atoms with Gasteiger partial charge in [-0.05, 0) is 16.0 Å². The number of aromatic nitrogens is 4. The monoisotopic (exact) mass is 485 g/mol. The van der Waals surface area contributed by atoms with E-state index in [1.807, 2.05) is 0 Å². The van der Waals surface area contributed by atoms with E-state index in [9.17, 15) is 14.7 Å². The summed E-state index contributed by atoms with van der Waals surface area (Å²) in [7, 11) is 4.59. The van der Waals surface area contributed by atoms with Crippen LogP contribution < -0.4 is 5.32 Å². The van der Waals surface area contributed by atoms with E-state index in [1.165, 1.54) is 59.1 Å². The van der Waals surface area contributed by atoms with Crippen LogP contribution in [0.15, 0.2) is 16.4 Å². The van der Waals surface area contributed by atoms with E-state index < -0.39 is 34.0 Å². The van der Waals surface area contributed by atoms with Crippen molar-refractivity contribution < 1.29 is 24.2 Å². The number of tetrazole rings is 1. The zero-order chi connectivity index (χ0) is 22.4. The number of nitriles is 1. The number of amides is 1. The molecule has 31 heavy (non-hydrogen) atoms. The number of aryl methyl sites for hydroxylation is 1. The number of carboxylic acid groups (broad SMARTS) is 1. The maximum absolute atomic E-state index is 13.2. The van der Waals surface area contributed by atoms with Crippen molar-refractivity contribution in [2.75, 3.05) is 31.5 Å². The molecule has 3 aliphatic rings. The molecule has 1 aromatic heterocycles. The minimum absolute atomic E-state index is 0.0674. The van der Waals surface area contributed by atoms with Crippen molar-refractivity contribution in [2.45, 2.75) is 27.2 Å². The van der Waals surface area contributed by atoms with Gasteiger partial charge in [0.1, 0.15) is 16.8 Å². The first-order valence-electron chi connectivity index (χ1n) is 9.00. The number of carbonyl (C=O) groups excluding carboxylic acids is 1. The lowest BCUT2D eigenvalue weighted by Crippen LogP contribution is -2.88. The van der Waals surface area contributed by atoms with Gasteiger partial charge in [-0.2, -0.15) is 5.26 Å². The number of rotatable bonds is 9. The van der Waals surface area contributed by atoms with E-state index in [0.717, 1.165) is 0 Å². The van der Waals surface area contributed by atoms with Crippen LogP contribution in [0.2, 0.25) is 0 Å². The fourth-order valence-electron chi connectivity index (χ4n) is 3.95. The predicted octanol–water partition coefficient (Wildman–Crippen LogP) is -0.530. The maximum Gasteiger partial charge on any atom is 0.352 e. The Hall–Kier alpha value is -1.83. The third-order valence-electron chi connectivity index (χ3n) is 5.38. The second-order valence-electron chi connectivity index (χ2n) is 6.91. The molecular formula is C16H19N7O5S3. The van der Waals surface area contributed by atoms with E-state index in [-0.39, 0.29) is 17.2 Å². The van der Waals surface area contributed by atoms with E-state index in [1.54, 1.807) is 7.05 Å². The smallest absolute Gasteiger partial charge is 0.352 e. The lowest BCUT2D eigenvalue weighted by Gasteiger charge is -2.65. The van der Waals surface area contributed by atoms with Crippen molar-refractivity contribution >= 4 is 47.2 Å². The molecule has 0 radical (unpaired) electrons. The summed E-state index contributed by atoms with van der Waals surface area (Å²) in [5, 5.41) is 33.1. The number of hydrogen-bond donors (Lipinski definition) is 2. The van der Waals surface area contributed by atoms with Crippen LogP contribution in [-0.4, -0.2) is 95.6 Å². The molecule has 0 spiro atoms. The van der Waals surface area contributed by atoms with Crippen LogP contribution in [0.25, 0.3) is 0 Å². The Balaban J connectivity index is 1.79. The number of β-lactam (4-membered cyclic amide) rings is 1. The number of fused-ring (bicyclic) bond motifs is 1. The van der Waals surface area contributed by atoms with Crippen molar-refractivity contribution in [1.29, 1.82) is 5.26 Å². The zero-order valence-corrected chi connectivity index (χ0v) is 19.2. The number of thioether (sulfide) groups is 3. The van der Waals surface area contributed by atoms with Gasteiger partial charge in [-0.15, -0.1) is 28.6 Å². The molecule has 0 aliphatic carbocycles. The second-order valence-corrected chi connectivity index (χ2v) is 10.0. The fourth-order valence-corrected chi connectivity index (χ4v) is 7.76. The summed E-state index contributed by atoms with van der Waals surface area (Å²) in [6.45, 7) is 0. The molecule has 15 heteroatoms. The minimum atomic E-state index is -1.39. The molecule has 2 saturated heterocycles. The molecule has 0 aromatic carbocycles. The number of nitrogens with one attached hydrogen (secondary N) is 1. The van der Waals surface area contributed by atoms with Gasteiger partial charge in [-0.3, -0.25) is 9.69 Å². The minimum Gasteiger partial charge on any atom is -0.477 e. The second kappa shape index (κ2) is 8.26. The van der Waals surface area contributed by atoms with E-state index in [4.69, 9.17) is 14.7 Å². The van der Waals surface area contributed by atoms with Gasteiger partial charge in [0.25, 0.3) is 5.91 Å². The molecule has 12 nitrogen and oxygen atoms in total. The average Bonchev–Trinajstić information content (AvgIpc) is 3.17. The average molecular weight is 486 g/mol. The molecule has 2 fully saturated rings. The van der Waals surface area contributed by atoms with Crippen molar-refractivity contribution in [2.24, 2.45) is 7.05 Å². The Morgan fingerprint density at radius 2 is 2.23 bits per heavy atom. The molecule has 2 N–H and O–H groups in total. The van der Waals surface area contributed by atoms with Gasteiger partial charge in [0, 0.05) is 32.8 Å². The van der Waals surface area contributed by atoms with Crippen LogP contribution in [0.4, 0.5) is 0 Å². The molecule has 4 atom stereocenters. The van der Waals surface area contributed by atoms with Crippen molar-refractivity contribution in [1.82, 2.24) is 30.4 Å². The lowest BCUT2D eigenvalue weighted by molar-refractivity contribution is -0.214. The third kappa shape index (κ3) is 3.24. The maximum atomic E-state index is 13.2. The van der Waals surface area contributed by atoms with Crippen molar-refractivity contribution in [3.8, 4) is 6.07 Å². The summed E-state index contributed by atoms with van der Waals surface area (Å²) >= 11 is 4.02. The quantitative estimate of drug-likeness (QED) is 0.262. The molecule has 0 saturated carbocycles. The first-order chi connectivity index (χ1) is 14.8. The number of nitrogens with zero attached hydrogens (tertiary/aromatic N) is 6. The number of hydrogen-bond acceptors (Lipinski definition) is 12. The third-order valence-corrected chi connectivity index (χ3v) is 9.14. The normalized spacial score (nSPS) is 31.4. The first-order valence-corrected chi connectivity index (χ1v) is 12.1. The fraction of sp³-hybridized carbons (Fsp3) is 0.625. The summed E-state index contributed by atoms with van der Waals surface area (Å²) in [6, 6.07) is 2.08. The summed E-state index contributed by atoms with van der Waals surface area (Å²) in [5.41, 5.74) is -2.07. The van der Waals surface area contributed by atoms with Gasteiger partial charge in [-0.25, -0.2) is 14.8 Å². The summed E-state index contributed by atoms with van der Waals surface area (Å²) in [4.78, 5) is 26.7. The topological polar surface area (TPSA) is 155 Å². The Morgan fingerprint density at radius 1 is 1.45 bits per heavy atom. The predicted molar refractivity (Wildman–Crippen MR) is 112 cm³/mol. The van der Waals surface area contributed by atoms with Crippen LogP contribution in [0.3, 0.4) is 0 Å². The highest BCUT2D eigenvalue weighted by atomic mass is 32.2. The summed E-state index contributed by atoms with van der Waals surface area (Å²) in [5.74, 6) is -0.918. The van der Waals surface area contributed by atoms with Crippen LogP contribution in [0, 0.1) is 11.3 Å². The number of aliphatic carboxylic acids is 1. The number of carboxylic acids is 1. The standard InChI is InChI=1S/C16H19N7O5S3/c1-22-14(18-20-21-22)30-6-8-9(11(24)25)23-12(26)16(28-3)13(23)31-10(8)15(19-16,27-2)7-29-5-4-17/h10,13,19H,5-7H2,1-3H3,(H,24,25)/t10?,13-,15?,16+/m0/s1. The Kier molecular flexibility index (Phi) is 5.96. The zero-order valence-electron chi connectivity index (χ0n) is 16.8. The van der Waals surface area contributed by atoms with Crippen LogP contribution in [0.5, 0.6) is 0 Å².